The molecule has 15 heavy (non-hydrogen) atoms. The molecule has 0 saturated heterocycles. The van der Waals surface area contributed by atoms with E-state index in [4.69, 9.17) is 0 Å². The fraction of sp³-hybridized carbons (Fsp3) is 0.200. The molecule has 2 aromatic heterocycles. The van der Waals surface area contributed by atoms with Crippen molar-refractivity contribution in [2.45, 2.75) is 9.79 Å². The zero-order valence-electron chi connectivity index (χ0n) is 8.32. The van der Waals surface area contributed by atoms with E-state index in [2.05, 4.69) is 34.0 Å². The number of hydrogen-bond donors (Lipinski definition) is 0. The molecule has 5 heteroatoms. The molecule has 0 aliphatic rings. The molecule has 0 radical (unpaired) electrons. The maximum Gasteiger partial charge on any atom is 0.362 e. The number of thiophene rings is 2. The quantitative estimate of drug-likeness (QED) is 0.576. The summed E-state index contributed by atoms with van der Waals surface area (Å²) < 4.78 is 3.17. The number of thioether (sulfide) groups is 2. The minimum Gasteiger partial charge on any atom is -0.146 e. The van der Waals surface area contributed by atoms with Gasteiger partial charge in [-0.1, -0.05) is 0 Å². The van der Waals surface area contributed by atoms with Gasteiger partial charge in [-0.2, -0.15) is 0 Å². The summed E-state index contributed by atoms with van der Waals surface area (Å²) in [5.74, 6) is 0. The molecule has 2 rings (SSSR count). The summed E-state index contributed by atoms with van der Waals surface area (Å²) in [6.45, 7) is 0. The summed E-state index contributed by atoms with van der Waals surface area (Å²) in [6, 6.07) is 0. The number of halogens is 1. The van der Waals surface area contributed by atoms with Gasteiger partial charge in [0.05, 0.1) is 9.79 Å². The molecule has 80 valence electrons. The van der Waals surface area contributed by atoms with Crippen molar-refractivity contribution >= 4 is 46.2 Å². The molecule has 0 aliphatic heterocycles. The molecule has 0 spiro atoms. The second-order valence-electron chi connectivity index (χ2n) is 2.67. The highest BCUT2D eigenvalue weighted by molar-refractivity contribution is 7.99. The lowest BCUT2D eigenvalue weighted by Crippen LogP contribution is -3.61. The Balaban J connectivity index is 2.21. The van der Waals surface area contributed by atoms with Crippen LogP contribution in [0.25, 0.3) is 0 Å². The van der Waals surface area contributed by atoms with Crippen LogP contribution in [0, 0.1) is 7.14 Å². The molecule has 2 aromatic rings. The first kappa shape index (κ1) is 12.3. The van der Waals surface area contributed by atoms with Crippen molar-refractivity contribution in [1.82, 2.24) is 0 Å². The van der Waals surface area contributed by atoms with Crippen molar-refractivity contribution in [3.63, 3.8) is 0 Å². The van der Waals surface area contributed by atoms with Gasteiger partial charge in [-0.15, -0.1) is 46.2 Å². The van der Waals surface area contributed by atoms with Crippen LogP contribution in [0.5, 0.6) is 0 Å². The monoisotopic (exact) mass is 385 g/mol. The summed E-state index contributed by atoms with van der Waals surface area (Å²) >= 11 is 7.43. The van der Waals surface area contributed by atoms with Crippen molar-refractivity contribution in [2.24, 2.45) is 0 Å². The predicted molar refractivity (Wildman–Crippen MR) is 69.6 cm³/mol. The van der Waals surface area contributed by atoms with Gasteiger partial charge < -0.3 is 0 Å². The molecular formula is C10H10IS4+. The van der Waals surface area contributed by atoms with Gasteiger partial charge in [0.2, 0.25) is 7.14 Å². The molecule has 0 aromatic carbocycles. The lowest BCUT2D eigenvalue weighted by molar-refractivity contribution is -0.603. The van der Waals surface area contributed by atoms with Gasteiger partial charge in [0.1, 0.15) is 0 Å². The normalized spacial score (nSPS) is 10.8. The predicted octanol–water partition coefficient (Wildman–Crippen LogP) is 1.38. The zero-order valence-corrected chi connectivity index (χ0v) is 13.7. The van der Waals surface area contributed by atoms with Crippen molar-refractivity contribution < 1.29 is 21.2 Å². The zero-order chi connectivity index (χ0) is 10.7. The molecular weight excluding hydrogens is 375 g/mol. The van der Waals surface area contributed by atoms with E-state index < -0.39 is 0 Å². The molecule has 0 unspecified atom stereocenters. The lowest BCUT2D eigenvalue weighted by atomic mass is 10.7. The first-order valence-electron chi connectivity index (χ1n) is 4.20. The van der Waals surface area contributed by atoms with Crippen LogP contribution in [0.15, 0.2) is 31.3 Å². The van der Waals surface area contributed by atoms with Crippen LogP contribution in [0.4, 0.5) is 0 Å². The second-order valence-corrected chi connectivity index (χ2v) is 8.72. The van der Waals surface area contributed by atoms with Gasteiger partial charge in [0.15, 0.2) is 0 Å². The third-order valence-corrected chi connectivity index (χ3v) is 9.67. The molecule has 0 nitrogen and oxygen atoms in total. The Morgan fingerprint density at radius 2 is 1.33 bits per heavy atom. The van der Waals surface area contributed by atoms with Gasteiger partial charge in [-0.05, 0) is 12.5 Å². The highest BCUT2D eigenvalue weighted by Gasteiger charge is 2.24. The van der Waals surface area contributed by atoms with Crippen molar-refractivity contribution in [3.05, 3.63) is 28.7 Å². The van der Waals surface area contributed by atoms with E-state index in [1.165, 1.54) is 9.79 Å². The third-order valence-electron chi connectivity index (χ3n) is 1.81. The van der Waals surface area contributed by atoms with Gasteiger partial charge in [-0.3, -0.25) is 0 Å². The van der Waals surface area contributed by atoms with E-state index >= 15 is 0 Å². The Hall–Kier alpha value is 0.830. The first-order valence-corrected chi connectivity index (χ1v) is 10.7. The molecule has 0 fully saturated rings. The average Bonchev–Trinajstić information content (AvgIpc) is 2.87. The maximum absolute atomic E-state index is 2.32. The fourth-order valence-electron chi connectivity index (χ4n) is 1.08. The highest BCUT2D eigenvalue weighted by atomic mass is 127. The molecule has 0 atom stereocenters. The van der Waals surface area contributed by atoms with Gasteiger partial charge in [0, 0.05) is 21.5 Å². The smallest absolute Gasteiger partial charge is 0.146 e. The summed E-state index contributed by atoms with van der Waals surface area (Å²) in [5.41, 5.74) is 0. The van der Waals surface area contributed by atoms with Crippen LogP contribution in [0.2, 0.25) is 0 Å². The minimum absolute atomic E-state index is 0.0269. The van der Waals surface area contributed by atoms with Crippen LogP contribution in [-0.2, 0) is 0 Å². The Kier molecular flexibility index (Phi) is 4.88. The first-order chi connectivity index (χ1) is 7.35. The summed E-state index contributed by atoms with van der Waals surface area (Å²) in [7, 11) is 0. The van der Waals surface area contributed by atoms with Gasteiger partial charge in [-0.25, -0.2) is 0 Å². The van der Waals surface area contributed by atoms with Gasteiger partial charge in [0.25, 0.3) is 0 Å². The largest absolute Gasteiger partial charge is 0.362 e. The van der Waals surface area contributed by atoms with Crippen LogP contribution in [0.1, 0.15) is 0 Å². The van der Waals surface area contributed by atoms with Crippen molar-refractivity contribution in [1.29, 1.82) is 0 Å². The molecule has 0 aliphatic carbocycles. The Labute approximate surface area is 117 Å². The van der Waals surface area contributed by atoms with Gasteiger partial charge >= 0.3 is 21.2 Å². The van der Waals surface area contributed by atoms with E-state index in [1.807, 2.05) is 46.2 Å². The average molecular weight is 385 g/mol. The van der Waals surface area contributed by atoms with E-state index in [0.29, 0.717) is 0 Å². The highest BCUT2D eigenvalue weighted by Crippen LogP contribution is 2.19. The fourth-order valence-corrected chi connectivity index (χ4v) is 9.43. The molecule has 2 heterocycles. The van der Waals surface area contributed by atoms with Crippen LogP contribution < -0.4 is 21.2 Å². The molecule has 0 saturated carbocycles. The summed E-state index contributed by atoms with van der Waals surface area (Å²) in [6.07, 6.45) is 4.33. The Morgan fingerprint density at radius 1 is 0.867 bits per heavy atom. The topological polar surface area (TPSA) is 0 Å². The van der Waals surface area contributed by atoms with Crippen LogP contribution >= 0.6 is 46.2 Å². The minimum atomic E-state index is 0.0269. The second kappa shape index (κ2) is 5.95. The van der Waals surface area contributed by atoms with E-state index in [9.17, 15) is 0 Å². The van der Waals surface area contributed by atoms with Crippen LogP contribution in [0.3, 0.4) is 0 Å². The summed E-state index contributed by atoms with van der Waals surface area (Å²) in [4.78, 5) is 2.96. The summed E-state index contributed by atoms with van der Waals surface area (Å²) in [5, 5.41) is 9.18. The SMILES string of the molecule is CSc1cscc1[I+]c1cscc1SC. The van der Waals surface area contributed by atoms with E-state index in [-0.39, 0.29) is 21.2 Å². The van der Waals surface area contributed by atoms with Crippen molar-refractivity contribution in [3.8, 4) is 0 Å². The molecule has 0 bridgehead atoms. The van der Waals surface area contributed by atoms with Crippen molar-refractivity contribution in [2.75, 3.05) is 12.5 Å². The number of hydrogen-bond acceptors (Lipinski definition) is 4. The standard InChI is InChI=1S/C10H10IS4/c1-12-9-5-14-3-7(9)11-8-4-15-6-10(8)13-2/h3-6H,1-2H3/q+1. The lowest BCUT2D eigenvalue weighted by Gasteiger charge is -1.88. The number of rotatable bonds is 4. The third kappa shape index (κ3) is 2.94. The molecule has 0 amide bonds. The Morgan fingerprint density at radius 3 is 1.73 bits per heavy atom. The van der Waals surface area contributed by atoms with Crippen LogP contribution in [-0.4, -0.2) is 12.5 Å². The van der Waals surface area contributed by atoms with E-state index in [1.54, 1.807) is 7.14 Å². The van der Waals surface area contributed by atoms with E-state index in [0.717, 1.165) is 0 Å². The molecule has 0 N–H and O–H groups in total. The maximum atomic E-state index is 2.32. The Bertz CT molecular complexity index is 392.